The van der Waals surface area contributed by atoms with Crippen LogP contribution < -0.4 is 10.6 Å². The molecule has 1 fully saturated rings. The highest BCUT2D eigenvalue weighted by Crippen LogP contribution is 2.30. The molecule has 1 aromatic rings. The summed E-state index contributed by atoms with van der Waals surface area (Å²) in [6.45, 7) is 5.68. The van der Waals surface area contributed by atoms with Crippen LogP contribution in [0.2, 0.25) is 0 Å². The Labute approximate surface area is 154 Å². The molecule has 3 rings (SSSR count). The Kier molecular flexibility index (Phi) is 5.61. The number of methoxy groups -OCH3 is 1. The first-order chi connectivity index (χ1) is 12.5. The highest BCUT2D eigenvalue weighted by atomic mass is 16.5. The van der Waals surface area contributed by atoms with E-state index in [1.807, 2.05) is 31.2 Å². The summed E-state index contributed by atoms with van der Waals surface area (Å²) in [5.41, 5.74) is 3.06. The topological polar surface area (TPSA) is 70.7 Å². The van der Waals surface area contributed by atoms with Gasteiger partial charge in [-0.15, -0.1) is 0 Å². The van der Waals surface area contributed by atoms with Gasteiger partial charge in [-0.1, -0.05) is 30.7 Å². The third-order valence-corrected chi connectivity index (χ3v) is 5.36. The van der Waals surface area contributed by atoms with Crippen molar-refractivity contribution in [2.75, 3.05) is 20.2 Å². The first-order valence-corrected chi connectivity index (χ1v) is 9.19. The van der Waals surface area contributed by atoms with Crippen LogP contribution in [0.3, 0.4) is 0 Å². The van der Waals surface area contributed by atoms with Gasteiger partial charge in [0.2, 0.25) is 0 Å². The van der Waals surface area contributed by atoms with Gasteiger partial charge in [0.1, 0.15) is 0 Å². The molecule has 0 radical (unpaired) electrons. The zero-order valence-electron chi connectivity index (χ0n) is 15.7. The molecule has 0 bridgehead atoms. The monoisotopic (exact) mass is 357 g/mol. The van der Waals surface area contributed by atoms with Gasteiger partial charge in [0.05, 0.1) is 18.7 Å². The van der Waals surface area contributed by atoms with Gasteiger partial charge in [-0.2, -0.15) is 0 Å². The van der Waals surface area contributed by atoms with Crippen molar-refractivity contribution in [3.8, 4) is 0 Å². The molecular formula is C20H27N3O3. The van der Waals surface area contributed by atoms with E-state index < -0.39 is 12.0 Å². The number of benzene rings is 1. The number of amides is 2. The summed E-state index contributed by atoms with van der Waals surface area (Å²) in [4.78, 5) is 27.3. The van der Waals surface area contributed by atoms with Gasteiger partial charge in [0, 0.05) is 18.3 Å². The number of nitrogens with zero attached hydrogens (tertiary/aromatic N) is 1. The third-order valence-electron chi connectivity index (χ3n) is 5.36. The summed E-state index contributed by atoms with van der Waals surface area (Å²) in [6.07, 6.45) is 3.49. The van der Waals surface area contributed by atoms with Gasteiger partial charge in [-0.25, -0.2) is 9.59 Å². The molecule has 0 aromatic heterocycles. The first-order valence-electron chi connectivity index (χ1n) is 9.19. The number of likely N-dealkylation sites (tertiary alicyclic amines) is 1. The maximum Gasteiger partial charge on any atom is 0.338 e. The quantitative estimate of drug-likeness (QED) is 0.813. The van der Waals surface area contributed by atoms with Crippen molar-refractivity contribution in [3.05, 3.63) is 46.7 Å². The molecule has 140 valence electrons. The van der Waals surface area contributed by atoms with Crippen molar-refractivity contribution in [3.63, 3.8) is 0 Å². The van der Waals surface area contributed by atoms with E-state index in [9.17, 15) is 9.59 Å². The molecule has 2 aliphatic rings. The van der Waals surface area contributed by atoms with Crippen LogP contribution in [0.15, 0.2) is 35.5 Å². The average Bonchev–Trinajstić information content (AvgIpc) is 2.63. The fourth-order valence-electron chi connectivity index (χ4n) is 3.83. The van der Waals surface area contributed by atoms with Gasteiger partial charge >= 0.3 is 12.0 Å². The van der Waals surface area contributed by atoms with Crippen LogP contribution in [-0.4, -0.2) is 43.1 Å². The number of urea groups is 1. The molecule has 6 heteroatoms. The lowest BCUT2D eigenvalue weighted by Gasteiger charge is -2.37. The van der Waals surface area contributed by atoms with Gasteiger partial charge in [-0.3, -0.25) is 4.90 Å². The van der Waals surface area contributed by atoms with Crippen LogP contribution >= 0.6 is 0 Å². The molecule has 2 N–H and O–H groups in total. The Morgan fingerprint density at radius 3 is 2.77 bits per heavy atom. The van der Waals surface area contributed by atoms with Gasteiger partial charge in [0.15, 0.2) is 0 Å². The van der Waals surface area contributed by atoms with E-state index in [2.05, 4.69) is 22.5 Å². The summed E-state index contributed by atoms with van der Waals surface area (Å²) in [6, 6.07) is 7.41. The van der Waals surface area contributed by atoms with Crippen molar-refractivity contribution in [2.45, 2.75) is 45.2 Å². The zero-order valence-corrected chi connectivity index (χ0v) is 15.7. The number of aryl methyl sites for hydroxylation is 1. The van der Waals surface area contributed by atoms with Crippen LogP contribution in [0.1, 0.15) is 43.4 Å². The van der Waals surface area contributed by atoms with Gasteiger partial charge in [0.25, 0.3) is 0 Å². The molecule has 2 atom stereocenters. The van der Waals surface area contributed by atoms with E-state index in [1.165, 1.54) is 13.5 Å². The normalized spacial score (nSPS) is 24.0. The van der Waals surface area contributed by atoms with E-state index in [0.717, 1.165) is 30.5 Å². The zero-order chi connectivity index (χ0) is 18.7. The lowest BCUT2D eigenvalue weighted by Crippen LogP contribution is -2.50. The fourth-order valence-corrected chi connectivity index (χ4v) is 3.83. The van der Waals surface area contributed by atoms with Gasteiger partial charge < -0.3 is 15.4 Å². The number of hydrogen-bond acceptors (Lipinski definition) is 4. The molecule has 0 aliphatic carbocycles. The second kappa shape index (κ2) is 7.91. The number of ether oxygens (including phenoxy) is 1. The van der Waals surface area contributed by atoms with E-state index in [-0.39, 0.29) is 6.03 Å². The lowest BCUT2D eigenvalue weighted by atomic mass is 9.91. The summed E-state index contributed by atoms with van der Waals surface area (Å²) in [7, 11) is 1.38. The number of carbonyl (C=O) groups excluding carboxylic acids is 2. The summed E-state index contributed by atoms with van der Waals surface area (Å²) < 4.78 is 5.06. The smallest absolute Gasteiger partial charge is 0.338 e. The number of carbonyl (C=O) groups is 2. The minimum atomic E-state index is -0.507. The van der Waals surface area contributed by atoms with Crippen LogP contribution in [0.4, 0.5) is 4.79 Å². The van der Waals surface area contributed by atoms with Crippen LogP contribution in [0.5, 0.6) is 0 Å². The van der Waals surface area contributed by atoms with E-state index in [4.69, 9.17) is 4.74 Å². The molecule has 6 nitrogen and oxygen atoms in total. The Morgan fingerprint density at radius 2 is 2.08 bits per heavy atom. The van der Waals surface area contributed by atoms with E-state index >= 15 is 0 Å². The van der Waals surface area contributed by atoms with Crippen molar-refractivity contribution < 1.29 is 14.3 Å². The molecular weight excluding hydrogens is 330 g/mol. The SMILES string of the molecule is COC(=O)C1=C(CN2CCCC[C@@H]2C)NC(=O)N[C@H]1c1ccccc1C. The molecule has 1 aromatic carbocycles. The van der Waals surface area contributed by atoms with Crippen molar-refractivity contribution >= 4 is 12.0 Å². The Bertz CT molecular complexity index is 729. The molecule has 2 amide bonds. The maximum atomic E-state index is 12.6. The highest BCUT2D eigenvalue weighted by Gasteiger charge is 2.35. The predicted molar refractivity (Wildman–Crippen MR) is 99.5 cm³/mol. The van der Waals surface area contributed by atoms with Crippen molar-refractivity contribution in [2.24, 2.45) is 0 Å². The fraction of sp³-hybridized carbons (Fsp3) is 0.500. The molecule has 0 saturated carbocycles. The largest absolute Gasteiger partial charge is 0.466 e. The second-order valence-corrected chi connectivity index (χ2v) is 7.09. The molecule has 0 spiro atoms. The maximum absolute atomic E-state index is 12.6. The predicted octanol–water partition coefficient (Wildman–Crippen LogP) is 2.65. The number of rotatable bonds is 4. The van der Waals surface area contributed by atoms with Crippen LogP contribution in [0, 0.1) is 6.92 Å². The van der Waals surface area contributed by atoms with Crippen molar-refractivity contribution in [1.29, 1.82) is 0 Å². The Morgan fingerprint density at radius 1 is 1.31 bits per heavy atom. The molecule has 2 aliphatic heterocycles. The van der Waals surface area contributed by atoms with Gasteiger partial charge in [-0.05, 0) is 44.4 Å². The number of piperidine rings is 1. The Hall–Kier alpha value is -2.34. The minimum Gasteiger partial charge on any atom is -0.466 e. The second-order valence-electron chi connectivity index (χ2n) is 7.09. The minimum absolute atomic E-state index is 0.287. The highest BCUT2D eigenvalue weighted by molar-refractivity contribution is 5.95. The molecule has 1 saturated heterocycles. The number of nitrogens with one attached hydrogen (secondary N) is 2. The van der Waals surface area contributed by atoms with E-state index in [1.54, 1.807) is 0 Å². The van der Waals surface area contributed by atoms with Crippen LogP contribution in [-0.2, 0) is 9.53 Å². The lowest BCUT2D eigenvalue weighted by molar-refractivity contribution is -0.136. The van der Waals surface area contributed by atoms with Crippen LogP contribution in [0.25, 0.3) is 0 Å². The summed E-state index contributed by atoms with van der Waals surface area (Å²) >= 11 is 0. The van der Waals surface area contributed by atoms with E-state index in [0.29, 0.717) is 23.9 Å². The Balaban J connectivity index is 2.01. The third kappa shape index (κ3) is 3.75. The molecule has 0 unspecified atom stereocenters. The summed E-state index contributed by atoms with van der Waals surface area (Å²) in [5, 5.41) is 5.75. The molecule has 2 heterocycles. The average molecular weight is 357 g/mol. The summed E-state index contributed by atoms with van der Waals surface area (Å²) in [5.74, 6) is -0.412. The standard InChI is InChI=1S/C20H27N3O3/c1-13-8-4-5-10-15(13)18-17(19(24)26-3)16(21-20(25)22-18)12-23-11-7-6-9-14(23)2/h4-5,8,10,14,18H,6-7,9,11-12H2,1-3H3,(H2,21,22,25)/t14-,18-/m0/s1. The molecule has 26 heavy (non-hydrogen) atoms. The first kappa shape index (κ1) is 18.5. The number of esters is 1. The van der Waals surface area contributed by atoms with Crippen molar-refractivity contribution in [1.82, 2.24) is 15.5 Å². The number of hydrogen-bond donors (Lipinski definition) is 2.